The molecular weight excluding hydrogens is 240 g/mol. The van der Waals surface area contributed by atoms with E-state index in [1.54, 1.807) is 24.0 Å². The molecule has 1 heterocycles. The molecule has 0 aliphatic heterocycles. The van der Waals surface area contributed by atoms with Crippen molar-refractivity contribution in [2.75, 3.05) is 0 Å². The van der Waals surface area contributed by atoms with Crippen LogP contribution in [0.15, 0.2) is 30.5 Å². The van der Waals surface area contributed by atoms with Gasteiger partial charge in [0, 0.05) is 19.3 Å². The molecule has 94 valence electrons. The smallest absolute Gasteiger partial charge is 0.254 e. The van der Waals surface area contributed by atoms with Crippen molar-refractivity contribution in [3.63, 3.8) is 0 Å². The van der Waals surface area contributed by atoms with Crippen molar-refractivity contribution in [1.29, 1.82) is 0 Å². The highest BCUT2D eigenvalue weighted by molar-refractivity contribution is 5.94. The number of hydrogen-bond acceptors (Lipinski definition) is 2. The fourth-order valence-electron chi connectivity index (χ4n) is 1.51. The van der Waals surface area contributed by atoms with Gasteiger partial charge in [0.15, 0.2) is 0 Å². The molecule has 1 N–H and O–H groups in total. The lowest BCUT2D eigenvalue weighted by Gasteiger charge is -2.06. The lowest BCUT2D eigenvalue weighted by molar-refractivity contribution is 0.0946. The van der Waals surface area contributed by atoms with E-state index in [-0.39, 0.29) is 12.1 Å². The number of aryl methyl sites for hydroxylation is 1. The summed E-state index contributed by atoms with van der Waals surface area (Å²) >= 11 is 0. The van der Waals surface area contributed by atoms with E-state index < -0.39 is 17.5 Å². The predicted molar refractivity (Wildman–Crippen MR) is 60.7 cm³/mol. The lowest BCUT2D eigenvalue weighted by Crippen LogP contribution is -2.25. The first-order valence-corrected chi connectivity index (χ1v) is 5.28. The van der Waals surface area contributed by atoms with Gasteiger partial charge in [-0.15, -0.1) is 0 Å². The summed E-state index contributed by atoms with van der Waals surface area (Å²) in [4.78, 5) is 11.7. The molecule has 6 heteroatoms. The van der Waals surface area contributed by atoms with E-state index in [0.717, 1.165) is 17.8 Å². The topological polar surface area (TPSA) is 46.9 Å². The second-order valence-electron chi connectivity index (χ2n) is 3.75. The van der Waals surface area contributed by atoms with Crippen LogP contribution in [0.1, 0.15) is 16.1 Å². The summed E-state index contributed by atoms with van der Waals surface area (Å²) in [6.07, 6.45) is 1.60. The Balaban J connectivity index is 2.06. The van der Waals surface area contributed by atoms with Crippen molar-refractivity contribution < 1.29 is 13.6 Å². The first kappa shape index (κ1) is 12.2. The van der Waals surface area contributed by atoms with Crippen LogP contribution in [0.4, 0.5) is 8.78 Å². The Morgan fingerprint density at radius 2 is 2.17 bits per heavy atom. The fourth-order valence-corrected chi connectivity index (χ4v) is 1.51. The third kappa shape index (κ3) is 2.53. The Morgan fingerprint density at radius 1 is 1.39 bits per heavy atom. The summed E-state index contributed by atoms with van der Waals surface area (Å²) in [6.45, 7) is 0.228. The van der Waals surface area contributed by atoms with Gasteiger partial charge in [0.1, 0.15) is 11.6 Å². The number of nitrogens with zero attached hydrogens (tertiary/aromatic N) is 2. The highest BCUT2D eigenvalue weighted by Gasteiger charge is 2.12. The Kier molecular flexibility index (Phi) is 3.36. The number of hydrogen-bond donors (Lipinski definition) is 1. The van der Waals surface area contributed by atoms with Gasteiger partial charge in [-0.1, -0.05) is 0 Å². The molecule has 0 spiro atoms. The molecule has 2 aromatic rings. The Bertz CT molecular complexity index is 580. The van der Waals surface area contributed by atoms with Crippen molar-refractivity contribution in [2.45, 2.75) is 6.54 Å². The molecule has 0 unspecified atom stereocenters. The van der Waals surface area contributed by atoms with E-state index >= 15 is 0 Å². The van der Waals surface area contributed by atoms with Crippen LogP contribution < -0.4 is 5.32 Å². The van der Waals surface area contributed by atoms with E-state index in [1.165, 1.54) is 0 Å². The molecule has 0 radical (unpaired) electrons. The van der Waals surface area contributed by atoms with Gasteiger partial charge < -0.3 is 5.32 Å². The molecule has 0 aliphatic rings. The molecule has 18 heavy (non-hydrogen) atoms. The summed E-state index contributed by atoms with van der Waals surface area (Å²) in [5.74, 6) is -2.18. The number of amides is 1. The molecule has 4 nitrogen and oxygen atoms in total. The number of carbonyl (C=O) groups is 1. The number of carbonyl (C=O) groups excluding carboxylic acids is 1. The zero-order valence-electron chi connectivity index (χ0n) is 9.65. The Labute approximate surface area is 102 Å². The maximum atomic E-state index is 13.3. The second kappa shape index (κ2) is 4.95. The summed E-state index contributed by atoms with van der Waals surface area (Å²) in [5, 5.41) is 6.48. The Hall–Kier alpha value is -2.24. The van der Waals surface area contributed by atoms with E-state index in [9.17, 15) is 13.6 Å². The van der Waals surface area contributed by atoms with Crippen LogP contribution in [-0.4, -0.2) is 15.7 Å². The van der Waals surface area contributed by atoms with Crippen LogP contribution in [0.3, 0.4) is 0 Å². The van der Waals surface area contributed by atoms with Crippen LogP contribution in [0, 0.1) is 11.6 Å². The van der Waals surface area contributed by atoms with Crippen LogP contribution in [0.25, 0.3) is 0 Å². The number of benzene rings is 1. The number of aromatic nitrogens is 2. The van der Waals surface area contributed by atoms with Crippen molar-refractivity contribution in [2.24, 2.45) is 7.05 Å². The van der Waals surface area contributed by atoms with Crippen LogP contribution >= 0.6 is 0 Å². The minimum Gasteiger partial charge on any atom is -0.346 e. The van der Waals surface area contributed by atoms with E-state index in [1.807, 2.05) is 0 Å². The molecule has 2 rings (SSSR count). The molecule has 0 saturated carbocycles. The highest BCUT2D eigenvalue weighted by Crippen LogP contribution is 2.09. The van der Waals surface area contributed by atoms with E-state index in [4.69, 9.17) is 0 Å². The monoisotopic (exact) mass is 251 g/mol. The van der Waals surface area contributed by atoms with Gasteiger partial charge in [0.2, 0.25) is 0 Å². The maximum Gasteiger partial charge on any atom is 0.254 e. The molecule has 0 aliphatic carbocycles. The first-order valence-electron chi connectivity index (χ1n) is 5.28. The maximum absolute atomic E-state index is 13.3. The summed E-state index contributed by atoms with van der Waals surface area (Å²) < 4.78 is 27.6. The summed E-state index contributed by atoms with van der Waals surface area (Å²) in [6, 6.07) is 4.57. The number of rotatable bonds is 3. The number of nitrogens with one attached hydrogen (secondary N) is 1. The summed E-state index contributed by atoms with van der Waals surface area (Å²) in [7, 11) is 1.74. The van der Waals surface area contributed by atoms with Gasteiger partial charge >= 0.3 is 0 Å². The van der Waals surface area contributed by atoms with Crippen molar-refractivity contribution in [3.05, 3.63) is 53.4 Å². The molecule has 1 amide bonds. The number of halogens is 2. The molecule has 1 aromatic carbocycles. The molecule has 0 atom stereocenters. The quantitative estimate of drug-likeness (QED) is 0.901. The van der Waals surface area contributed by atoms with Crippen molar-refractivity contribution >= 4 is 5.91 Å². The second-order valence-corrected chi connectivity index (χ2v) is 3.75. The predicted octanol–water partition coefficient (Wildman–Crippen LogP) is 1.63. The molecule has 0 fully saturated rings. The van der Waals surface area contributed by atoms with E-state index in [2.05, 4.69) is 10.4 Å². The standard InChI is InChI=1S/C12H11F2N3O/c1-17-9(4-5-16-17)7-15-12(18)10-3-2-8(13)6-11(10)14/h2-6H,7H2,1H3,(H,15,18). The molecular formula is C12H11F2N3O. The minimum atomic E-state index is -0.877. The molecule has 0 bridgehead atoms. The molecule has 0 saturated heterocycles. The highest BCUT2D eigenvalue weighted by atomic mass is 19.1. The van der Waals surface area contributed by atoms with Gasteiger partial charge in [-0.2, -0.15) is 5.10 Å². The SMILES string of the molecule is Cn1nccc1CNC(=O)c1ccc(F)cc1F. The van der Waals surface area contributed by atoms with Crippen LogP contribution in [-0.2, 0) is 13.6 Å². The van der Waals surface area contributed by atoms with E-state index in [0.29, 0.717) is 6.07 Å². The van der Waals surface area contributed by atoms with Gasteiger partial charge in [-0.3, -0.25) is 9.48 Å². The largest absolute Gasteiger partial charge is 0.346 e. The normalized spacial score (nSPS) is 10.4. The average Bonchev–Trinajstić information content (AvgIpc) is 2.72. The minimum absolute atomic E-state index is 0.182. The van der Waals surface area contributed by atoms with Crippen LogP contribution in [0.5, 0.6) is 0 Å². The summed E-state index contributed by atoms with van der Waals surface area (Å²) in [5.41, 5.74) is 0.601. The van der Waals surface area contributed by atoms with Gasteiger partial charge in [-0.25, -0.2) is 8.78 Å². The van der Waals surface area contributed by atoms with Crippen LogP contribution in [0.2, 0.25) is 0 Å². The third-order valence-corrected chi connectivity index (χ3v) is 2.53. The third-order valence-electron chi connectivity index (χ3n) is 2.53. The van der Waals surface area contributed by atoms with Gasteiger partial charge in [0.25, 0.3) is 5.91 Å². The fraction of sp³-hybridized carbons (Fsp3) is 0.167. The zero-order chi connectivity index (χ0) is 13.1. The first-order chi connectivity index (χ1) is 8.58. The van der Waals surface area contributed by atoms with Crippen molar-refractivity contribution in [1.82, 2.24) is 15.1 Å². The average molecular weight is 251 g/mol. The lowest BCUT2D eigenvalue weighted by atomic mass is 10.2. The zero-order valence-corrected chi connectivity index (χ0v) is 9.65. The molecule has 1 aromatic heterocycles. The van der Waals surface area contributed by atoms with Gasteiger partial charge in [-0.05, 0) is 18.2 Å². The Morgan fingerprint density at radius 3 is 2.78 bits per heavy atom. The van der Waals surface area contributed by atoms with Gasteiger partial charge in [0.05, 0.1) is 17.8 Å². The van der Waals surface area contributed by atoms with Crippen molar-refractivity contribution in [3.8, 4) is 0 Å².